The van der Waals surface area contributed by atoms with E-state index in [1.54, 1.807) is 0 Å². The Balaban J connectivity index is 1.58. The molecule has 0 saturated carbocycles. The quantitative estimate of drug-likeness (QED) is 0.0487. The van der Waals surface area contributed by atoms with Crippen LogP contribution in [0, 0.1) is 0 Å². The number of ether oxygens (including phenoxy) is 4. The van der Waals surface area contributed by atoms with Crippen LogP contribution in [-0.2, 0) is 19.2 Å². The van der Waals surface area contributed by atoms with Gasteiger partial charge in [0, 0.05) is 25.7 Å². The molecule has 2 aromatic rings. The third kappa shape index (κ3) is 26.7. The first-order valence-electron chi connectivity index (χ1n) is 23.3. The molecule has 0 fully saturated rings. The fourth-order valence-corrected chi connectivity index (χ4v) is 6.85. The molecular formula is C50H74O10. The molecular weight excluding hydrogens is 761 g/mol. The van der Waals surface area contributed by atoms with Crippen LogP contribution in [0.3, 0.4) is 0 Å². The average Bonchev–Trinajstić information content (AvgIpc) is 3.50. The summed E-state index contributed by atoms with van der Waals surface area (Å²) in [4.78, 5) is 74.5. The van der Waals surface area contributed by atoms with Crippen molar-refractivity contribution in [3.63, 3.8) is 0 Å². The summed E-state index contributed by atoms with van der Waals surface area (Å²) in [5, 5.41) is 0. The Morgan fingerprint density at radius 2 is 0.550 bits per heavy atom. The molecule has 10 nitrogen and oxygen atoms in total. The van der Waals surface area contributed by atoms with Crippen molar-refractivity contribution >= 4 is 23.9 Å². The van der Waals surface area contributed by atoms with E-state index in [0.717, 1.165) is 25.7 Å². The van der Waals surface area contributed by atoms with Crippen molar-refractivity contribution in [2.24, 2.45) is 0 Å². The first-order chi connectivity index (χ1) is 29.2. The van der Waals surface area contributed by atoms with Crippen LogP contribution >= 0.6 is 0 Å². The third-order valence-electron chi connectivity index (χ3n) is 10.5. The van der Waals surface area contributed by atoms with Crippen LogP contribution in [-0.4, -0.2) is 23.9 Å². The largest absolute Gasteiger partial charge is 0.427 e. The van der Waals surface area contributed by atoms with Gasteiger partial charge in [-0.2, -0.15) is 0 Å². The van der Waals surface area contributed by atoms with Gasteiger partial charge in [-0.05, 0) is 74.2 Å². The number of carbonyl (C=O) groups excluding carboxylic acids is 4. The van der Waals surface area contributed by atoms with Crippen LogP contribution in [0.5, 0.6) is 23.0 Å². The van der Waals surface area contributed by atoms with Gasteiger partial charge >= 0.3 is 23.9 Å². The molecule has 0 N–H and O–H groups in total. The highest BCUT2D eigenvalue weighted by Crippen LogP contribution is 2.18. The lowest BCUT2D eigenvalue weighted by atomic mass is 10.1. The maximum absolute atomic E-state index is 12.5. The lowest BCUT2D eigenvalue weighted by molar-refractivity contribution is -0.135. The van der Waals surface area contributed by atoms with Crippen LogP contribution in [0.15, 0.2) is 58.1 Å². The minimum Gasteiger partial charge on any atom is -0.427 e. The van der Waals surface area contributed by atoms with Crippen LogP contribution < -0.4 is 29.8 Å². The molecule has 0 aliphatic rings. The number of rotatable bonds is 35. The fraction of sp³-hybridized carbons (Fsp3) is 0.640. The Bertz CT molecular complexity index is 1520. The summed E-state index contributed by atoms with van der Waals surface area (Å²) in [7, 11) is 0. The molecule has 0 heterocycles. The van der Waals surface area contributed by atoms with E-state index in [-0.39, 0.29) is 48.7 Å². The van der Waals surface area contributed by atoms with E-state index in [1.807, 2.05) is 0 Å². The highest BCUT2D eigenvalue weighted by atomic mass is 16.5. The number of esters is 4. The smallest absolute Gasteiger partial charge is 0.311 e. The molecule has 2 rings (SSSR count). The number of carbonyl (C=O) groups is 4. The molecule has 0 unspecified atom stereocenters. The number of hydrogen-bond acceptors (Lipinski definition) is 10. The molecule has 60 heavy (non-hydrogen) atoms. The summed E-state index contributed by atoms with van der Waals surface area (Å²) in [6, 6.07) is 10.8. The van der Waals surface area contributed by atoms with Gasteiger partial charge in [-0.3, -0.25) is 28.8 Å². The lowest BCUT2D eigenvalue weighted by Crippen LogP contribution is -2.12. The summed E-state index contributed by atoms with van der Waals surface area (Å²) < 4.78 is 21.4. The second-order valence-electron chi connectivity index (χ2n) is 16.0. The van der Waals surface area contributed by atoms with Crippen LogP contribution in [0.25, 0.3) is 0 Å². The predicted octanol–water partition coefficient (Wildman–Crippen LogP) is 12.5. The number of hydrogen-bond donors (Lipinski definition) is 0. The van der Waals surface area contributed by atoms with Gasteiger partial charge in [-0.1, -0.05) is 155 Å². The van der Waals surface area contributed by atoms with Crippen molar-refractivity contribution in [2.75, 3.05) is 0 Å². The molecule has 0 bridgehead atoms. The highest BCUT2D eigenvalue weighted by molar-refractivity contribution is 5.74. The van der Waals surface area contributed by atoms with E-state index in [4.69, 9.17) is 18.9 Å². The van der Waals surface area contributed by atoms with Gasteiger partial charge in [-0.25, -0.2) is 0 Å². The van der Waals surface area contributed by atoms with Gasteiger partial charge in [0.15, 0.2) is 11.5 Å². The SMILES string of the molecule is CCCCCCCCCCCCCC(=O)Oc1ccc(OC(=O)CCCCCCC(=O)Oc2ccc(OC(=O)CCCCCCCCCCCCC)c(=O)cc2)ccc1=O. The summed E-state index contributed by atoms with van der Waals surface area (Å²) >= 11 is 0. The molecule has 0 aliphatic heterocycles. The van der Waals surface area contributed by atoms with E-state index >= 15 is 0 Å². The molecule has 0 saturated heterocycles. The first kappa shape index (κ1) is 51.8. The molecule has 0 aromatic heterocycles. The zero-order valence-electron chi connectivity index (χ0n) is 36.9. The summed E-state index contributed by atoms with van der Waals surface area (Å²) in [6.07, 6.45) is 29.2. The summed E-state index contributed by atoms with van der Waals surface area (Å²) in [5.74, 6) is -1.68. The normalized spacial score (nSPS) is 10.9. The standard InChI is InChI=1S/C50H74O10/c1-3-5-7-9-11-13-15-17-19-21-25-31-49(55)59-45-39-35-41(33-37-43(45)51)57-47(53)29-27-23-24-28-30-48(54)58-42-34-38-44(52)46(40-36-42)60-50(56)32-26-22-20-18-16-14-12-10-8-6-4-2/h33-40H,3-32H2,1-2H3. The Labute approximate surface area is 359 Å². The van der Waals surface area contributed by atoms with Crippen molar-refractivity contribution in [1.82, 2.24) is 0 Å². The van der Waals surface area contributed by atoms with E-state index < -0.39 is 34.7 Å². The average molecular weight is 835 g/mol. The molecule has 0 amide bonds. The van der Waals surface area contributed by atoms with E-state index in [0.29, 0.717) is 38.5 Å². The van der Waals surface area contributed by atoms with Crippen LogP contribution in [0.4, 0.5) is 0 Å². The molecule has 334 valence electrons. The van der Waals surface area contributed by atoms with Crippen molar-refractivity contribution < 1.29 is 38.1 Å². The van der Waals surface area contributed by atoms with Crippen molar-refractivity contribution in [2.45, 2.75) is 206 Å². The van der Waals surface area contributed by atoms with Gasteiger partial charge < -0.3 is 18.9 Å². The van der Waals surface area contributed by atoms with Crippen LogP contribution in [0.2, 0.25) is 0 Å². The van der Waals surface area contributed by atoms with E-state index in [1.165, 1.54) is 151 Å². The second kappa shape index (κ2) is 34.4. The zero-order valence-corrected chi connectivity index (χ0v) is 36.9. The second-order valence-corrected chi connectivity index (χ2v) is 16.0. The third-order valence-corrected chi connectivity index (χ3v) is 10.5. The van der Waals surface area contributed by atoms with Crippen molar-refractivity contribution in [3.05, 3.63) is 69.0 Å². The summed E-state index contributed by atoms with van der Waals surface area (Å²) in [6.45, 7) is 4.45. The Hall–Kier alpha value is -4.34. The molecule has 10 heteroatoms. The highest BCUT2D eigenvalue weighted by Gasteiger charge is 2.12. The van der Waals surface area contributed by atoms with Gasteiger partial charge in [0.2, 0.25) is 10.9 Å². The molecule has 0 radical (unpaired) electrons. The lowest BCUT2D eigenvalue weighted by Gasteiger charge is -2.04. The van der Waals surface area contributed by atoms with Crippen LogP contribution in [0.1, 0.15) is 206 Å². The molecule has 0 spiro atoms. The zero-order chi connectivity index (χ0) is 43.5. The maximum atomic E-state index is 12.5. The minimum atomic E-state index is -0.477. The van der Waals surface area contributed by atoms with Gasteiger partial charge in [0.05, 0.1) is 0 Å². The first-order valence-corrected chi connectivity index (χ1v) is 23.3. The number of unbranched alkanes of at least 4 members (excludes halogenated alkanes) is 23. The van der Waals surface area contributed by atoms with Gasteiger partial charge in [0.25, 0.3) is 0 Å². The monoisotopic (exact) mass is 835 g/mol. The Morgan fingerprint density at radius 3 is 0.833 bits per heavy atom. The summed E-state index contributed by atoms with van der Waals surface area (Å²) in [5.41, 5.74) is -0.954. The Kier molecular flexibility index (Phi) is 29.7. The topological polar surface area (TPSA) is 139 Å². The van der Waals surface area contributed by atoms with Crippen molar-refractivity contribution in [3.8, 4) is 23.0 Å². The van der Waals surface area contributed by atoms with Gasteiger partial charge in [-0.15, -0.1) is 0 Å². The maximum Gasteiger partial charge on any atom is 0.311 e. The molecule has 0 aliphatic carbocycles. The predicted molar refractivity (Wildman–Crippen MR) is 238 cm³/mol. The van der Waals surface area contributed by atoms with E-state index in [2.05, 4.69) is 13.8 Å². The molecule has 2 aromatic carbocycles. The minimum absolute atomic E-state index is 0.101. The van der Waals surface area contributed by atoms with E-state index in [9.17, 15) is 28.8 Å². The van der Waals surface area contributed by atoms with Gasteiger partial charge in [0.1, 0.15) is 11.5 Å². The Morgan fingerprint density at radius 1 is 0.317 bits per heavy atom. The fourth-order valence-electron chi connectivity index (χ4n) is 6.85. The van der Waals surface area contributed by atoms with Crippen molar-refractivity contribution in [1.29, 1.82) is 0 Å². The molecule has 0 atom stereocenters.